The van der Waals surface area contributed by atoms with Crippen molar-refractivity contribution in [2.24, 2.45) is 5.73 Å². The van der Waals surface area contributed by atoms with Crippen LogP contribution in [0.25, 0.3) is 21.5 Å². The van der Waals surface area contributed by atoms with Crippen LogP contribution in [0, 0.1) is 0 Å². The number of phenols is 4. The first-order valence-corrected chi connectivity index (χ1v) is 12.4. The smallest absolute Gasteiger partial charge is 0.190 e. The van der Waals surface area contributed by atoms with E-state index < -0.39 is 84.5 Å². The van der Waals surface area contributed by atoms with Crippen LogP contribution in [0.3, 0.4) is 0 Å². The summed E-state index contributed by atoms with van der Waals surface area (Å²) >= 11 is 0. The summed E-state index contributed by atoms with van der Waals surface area (Å²) in [6.45, 7) is 0.561. The first-order valence-electron chi connectivity index (χ1n) is 12.4. The molecule has 1 aliphatic heterocycles. The van der Waals surface area contributed by atoms with E-state index in [2.05, 4.69) is 0 Å². The molecule has 6 atom stereocenters. The molecule has 208 valence electrons. The Bertz CT molecular complexity index is 1490. The maximum Gasteiger partial charge on any atom is 0.190 e. The second kappa shape index (κ2) is 9.59. The number of carbonyl (C=O) groups is 2. The Morgan fingerprint density at radius 1 is 1.13 bits per heavy atom. The Kier molecular flexibility index (Phi) is 6.66. The minimum absolute atomic E-state index is 0.0155. The number of benzene rings is 3. The summed E-state index contributed by atoms with van der Waals surface area (Å²) in [4.78, 5) is 24.3. The highest BCUT2D eigenvalue weighted by Crippen LogP contribution is 2.56. The lowest BCUT2D eigenvalue weighted by Gasteiger charge is -2.41. The Balaban J connectivity index is 1.77. The maximum atomic E-state index is 12.6. The molecule has 5 rings (SSSR count). The molecule has 0 spiro atoms. The number of aldehydes is 1. The lowest BCUT2D eigenvalue weighted by molar-refractivity contribution is -0.247. The average molecular weight is 544 g/mol. The predicted molar refractivity (Wildman–Crippen MR) is 136 cm³/mol. The fraction of sp³-hybridized carbons (Fsp3) is 0.407. The molecule has 0 aromatic heterocycles. The van der Waals surface area contributed by atoms with E-state index in [1.807, 2.05) is 0 Å². The Morgan fingerprint density at radius 2 is 1.82 bits per heavy atom. The Morgan fingerprint density at radius 3 is 2.46 bits per heavy atom. The highest BCUT2D eigenvalue weighted by molar-refractivity contribution is 6.18. The number of Topliss-reactive ketones (excluding diaryl/α,β-unsaturated/α-hetero) is 1. The number of phenolic OH excluding ortho intramolecular Hbond substituents is 4. The summed E-state index contributed by atoms with van der Waals surface area (Å²) in [7, 11) is 0. The molecule has 2 aliphatic rings. The molecule has 0 saturated carbocycles. The highest BCUT2D eigenvalue weighted by Gasteiger charge is 2.48. The summed E-state index contributed by atoms with van der Waals surface area (Å²) in [5.74, 6) is -3.38. The van der Waals surface area contributed by atoms with Crippen molar-refractivity contribution in [1.82, 2.24) is 0 Å². The standard InChI is InChI=1S/C27H29NO11/c1-10-22(32)14(28)5-17(38-10)39-15-7-27(37,16(31)9-30)6-13-19(15)26(36)21-20(24(13)34)23(33)12-4-2-3-11(8-29)18(12)25(21)35/h2-4,8,10,14-15,17,22,30,32-37H,5-7,9,28H2,1H3/t10-,14-,15-,17-,22+,27-/m0/s1. The van der Waals surface area contributed by atoms with E-state index in [-0.39, 0.29) is 44.7 Å². The third-order valence-electron chi connectivity index (χ3n) is 7.82. The summed E-state index contributed by atoms with van der Waals surface area (Å²) in [6.07, 6.45) is -4.63. The maximum absolute atomic E-state index is 12.6. The zero-order valence-electron chi connectivity index (χ0n) is 20.9. The summed E-state index contributed by atoms with van der Waals surface area (Å²) < 4.78 is 11.7. The number of aliphatic hydroxyl groups is 3. The lowest BCUT2D eigenvalue weighted by Crippen LogP contribution is -2.52. The number of carbonyl (C=O) groups excluding carboxylic acids is 2. The van der Waals surface area contributed by atoms with Crippen LogP contribution in [0.15, 0.2) is 18.2 Å². The zero-order chi connectivity index (χ0) is 28.4. The highest BCUT2D eigenvalue weighted by atomic mass is 16.7. The average Bonchev–Trinajstić information content (AvgIpc) is 2.90. The minimum Gasteiger partial charge on any atom is -0.507 e. The molecule has 39 heavy (non-hydrogen) atoms. The van der Waals surface area contributed by atoms with Crippen LogP contribution >= 0.6 is 0 Å². The molecule has 12 nitrogen and oxygen atoms in total. The molecule has 12 heteroatoms. The van der Waals surface area contributed by atoms with Gasteiger partial charge in [-0.15, -0.1) is 0 Å². The van der Waals surface area contributed by atoms with Crippen LogP contribution in [0.1, 0.15) is 47.4 Å². The van der Waals surface area contributed by atoms with Crippen LogP contribution in [0.5, 0.6) is 23.0 Å². The van der Waals surface area contributed by atoms with Gasteiger partial charge in [0.25, 0.3) is 0 Å². The third-order valence-corrected chi connectivity index (χ3v) is 7.82. The predicted octanol–water partition coefficient (Wildman–Crippen LogP) is 0.747. The molecule has 0 amide bonds. The molecule has 1 aliphatic carbocycles. The van der Waals surface area contributed by atoms with Gasteiger partial charge in [-0.05, 0) is 6.92 Å². The van der Waals surface area contributed by atoms with Gasteiger partial charge in [0, 0.05) is 52.8 Å². The van der Waals surface area contributed by atoms with Gasteiger partial charge >= 0.3 is 0 Å². The largest absolute Gasteiger partial charge is 0.507 e. The van der Waals surface area contributed by atoms with Crippen molar-refractivity contribution in [1.29, 1.82) is 0 Å². The molecule has 0 radical (unpaired) electrons. The van der Waals surface area contributed by atoms with E-state index in [0.29, 0.717) is 6.29 Å². The van der Waals surface area contributed by atoms with Gasteiger partial charge in [0.2, 0.25) is 0 Å². The van der Waals surface area contributed by atoms with Crippen molar-refractivity contribution in [3.8, 4) is 23.0 Å². The first-order chi connectivity index (χ1) is 18.4. The zero-order valence-corrected chi connectivity index (χ0v) is 20.9. The number of ether oxygens (including phenoxy) is 2. The first kappa shape index (κ1) is 27.1. The van der Waals surface area contributed by atoms with Gasteiger partial charge in [-0.2, -0.15) is 0 Å². The van der Waals surface area contributed by atoms with Crippen LogP contribution in [0.4, 0.5) is 0 Å². The number of nitrogens with two attached hydrogens (primary N) is 1. The monoisotopic (exact) mass is 543 g/mol. The third kappa shape index (κ3) is 4.07. The number of fused-ring (bicyclic) bond motifs is 3. The van der Waals surface area contributed by atoms with Crippen molar-refractivity contribution in [3.05, 3.63) is 34.9 Å². The van der Waals surface area contributed by atoms with Crippen molar-refractivity contribution in [2.75, 3.05) is 6.61 Å². The van der Waals surface area contributed by atoms with E-state index in [1.54, 1.807) is 6.92 Å². The fourth-order valence-corrected chi connectivity index (χ4v) is 5.77. The minimum atomic E-state index is -2.23. The van der Waals surface area contributed by atoms with Crippen molar-refractivity contribution >= 4 is 33.6 Å². The summed E-state index contributed by atoms with van der Waals surface area (Å²) in [5.41, 5.74) is 3.54. The second-order valence-corrected chi connectivity index (χ2v) is 10.2. The number of aliphatic hydroxyl groups excluding tert-OH is 2. The van der Waals surface area contributed by atoms with Crippen LogP contribution < -0.4 is 5.73 Å². The fourth-order valence-electron chi connectivity index (χ4n) is 5.77. The van der Waals surface area contributed by atoms with Gasteiger partial charge in [-0.3, -0.25) is 9.59 Å². The number of rotatable bonds is 5. The van der Waals surface area contributed by atoms with Crippen LogP contribution in [0.2, 0.25) is 0 Å². The molecular formula is C27H29NO11. The topological polar surface area (TPSA) is 220 Å². The van der Waals surface area contributed by atoms with Crippen molar-refractivity contribution < 1.29 is 54.8 Å². The second-order valence-electron chi connectivity index (χ2n) is 10.2. The van der Waals surface area contributed by atoms with E-state index in [4.69, 9.17) is 15.2 Å². The normalized spacial score (nSPS) is 28.9. The lowest BCUT2D eigenvalue weighted by atomic mass is 9.74. The Hall–Kier alpha value is -3.52. The molecule has 0 unspecified atom stereocenters. The number of ketones is 1. The van der Waals surface area contributed by atoms with Gasteiger partial charge in [0.1, 0.15) is 35.2 Å². The van der Waals surface area contributed by atoms with E-state index in [9.17, 15) is 45.3 Å². The molecule has 0 bridgehead atoms. The molecular weight excluding hydrogens is 514 g/mol. The molecule has 1 fully saturated rings. The van der Waals surface area contributed by atoms with Gasteiger partial charge in [0.15, 0.2) is 18.4 Å². The van der Waals surface area contributed by atoms with E-state index >= 15 is 0 Å². The molecule has 9 N–H and O–H groups in total. The molecule has 3 aromatic rings. The molecule has 1 heterocycles. The summed E-state index contributed by atoms with van der Waals surface area (Å²) in [6, 6.07) is 3.54. The van der Waals surface area contributed by atoms with Crippen LogP contribution in [-0.4, -0.2) is 84.6 Å². The van der Waals surface area contributed by atoms with Crippen LogP contribution in [-0.2, 0) is 20.7 Å². The van der Waals surface area contributed by atoms with E-state index in [0.717, 1.165) is 0 Å². The molecule has 3 aromatic carbocycles. The van der Waals surface area contributed by atoms with Gasteiger partial charge in [-0.25, -0.2) is 0 Å². The van der Waals surface area contributed by atoms with Crippen molar-refractivity contribution in [3.63, 3.8) is 0 Å². The number of hydrogen-bond acceptors (Lipinski definition) is 12. The van der Waals surface area contributed by atoms with E-state index in [1.165, 1.54) is 18.2 Å². The van der Waals surface area contributed by atoms with Gasteiger partial charge in [-0.1, -0.05) is 18.2 Å². The number of aromatic hydroxyl groups is 4. The quantitative estimate of drug-likeness (QED) is 0.127. The Labute approximate surface area is 221 Å². The van der Waals surface area contributed by atoms with Gasteiger partial charge < -0.3 is 51.0 Å². The molecule has 1 saturated heterocycles. The summed E-state index contributed by atoms with van der Waals surface area (Å²) in [5, 5.41) is 75.3. The van der Waals surface area contributed by atoms with Crippen molar-refractivity contribution in [2.45, 2.75) is 62.4 Å². The number of hydrogen-bond donors (Lipinski definition) is 8. The SMILES string of the molecule is C[C@@H]1O[C@@H](O[C@H]2C[C@](O)(C(=O)CO)Cc3c2c(O)c2c(O)c4c(C=O)cccc4c(O)c2c3O)C[C@H](N)[C@@H]1O. The van der Waals surface area contributed by atoms with Gasteiger partial charge in [0.05, 0.1) is 29.1 Å².